The van der Waals surface area contributed by atoms with E-state index >= 15 is 0 Å². The second-order valence-electron chi connectivity index (χ2n) is 4.96. The van der Waals surface area contributed by atoms with Crippen molar-refractivity contribution in [2.75, 3.05) is 6.54 Å². The van der Waals surface area contributed by atoms with E-state index in [0.29, 0.717) is 23.2 Å². The maximum absolute atomic E-state index is 11.9. The van der Waals surface area contributed by atoms with E-state index in [1.54, 1.807) is 25.1 Å². The van der Waals surface area contributed by atoms with Gasteiger partial charge in [0.2, 0.25) is 0 Å². The number of nitriles is 1. The van der Waals surface area contributed by atoms with Gasteiger partial charge in [0.1, 0.15) is 17.4 Å². The van der Waals surface area contributed by atoms with Gasteiger partial charge < -0.3 is 10.1 Å². The molecule has 108 valence electrons. The smallest absolute Gasteiger partial charge is 0.260 e. The van der Waals surface area contributed by atoms with E-state index in [9.17, 15) is 4.79 Å². The summed E-state index contributed by atoms with van der Waals surface area (Å²) in [5.74, 6) is 0.658. The van der Waals surface area contributed by atoms with Crippen molar-refractivity contribution in [1.29, 1.82) is 5.26 Å². The van der Waals surface area contributed by atoms with E-state index in [1.165, 1.54) is 0 Å². The average Bonchev–Trinajstić information content (AvgIpc) is 2.38. The highest BCUT2D eigenvalue weighted by Gasteiger charge is 2.17. The van der Waals surface area contributed by atoms with Crippen molar-refractivity contribution >= 4 is 17.5 Å². The Kier molecular flexibility index (Phi) is 6.33. The Balaban J connectivity index is 2.62. The number of halogens is 1. The summed E-state index contributed by atoms with van der Waals surface area (Å²) >= 11 is 5.91. The van der Waals surface area contributed by atoms with Crippen molar-refractivity contribution in [2.24, 2.45) is 5.92 Å². The fourth-order valence-corrected chi connectivity index (χ4v) is 1.79. The van der Waals surface area contributed by atoms with Crippen molar-refractivity contribution in [3.8, 4) is 11.8 Å². The van der Waals surface area contributed by atoms with Crippen LogP contribution >= 0.6 is 11.6 Å². The van der Waals surface area contributed by atoms with Crippen molar-refractivity contribution < 1.29 is 9.53 Å². The number of ether oxygens (including phenoxy) is 1. The maximum atomic E-state index is 11.9. The Labute approximate surface area is 124 Å². The zero-order valence-corrected chi connectivity index (χ0v) is 12.7. The minimum Gasteiger partial charge on any atom is -0.479 e. The molecule has 0 aromatic heterocycles. The molecule has 4 nitrogen and oxygen atoms in total. The lowest BCUT2D eigenvalue weighted by Gasteiger charge is -2.16. The van der Waals surface area contributed by atoms with Crippen LogP contribution in [0, 0.1) is 17.2 Å². The highest BCUT2D eigenvalue weighted by atomic mass is 35.5. The summed E-state index contributed by atoms with van der Waals surface area (Å²) in [6.07, 6.45) is 0.242. The zero-order chi connectivity index (χ0) is 15.1. The summed E-state index contributed by atoms with van der Waals surface area (Å²) in [5, 5.41) is 12.2. The summed E-state index contributed by atoms with van der Waals surface area (Å²) in [6, 6.07) is 6.90. The molecule has 0 spiro atoms. The van der Waals surface area contributed by atoms with Crippen LogP contribution in [0.3, 0.4) is 0 Å². The maximum Gasteiger partial charge on any atom is 0.260 e. The lowest BCUT2D eigenvalue weighted by molar-refractivity contribution is -0.127. The molecule has 5 heteroatoms. The summed E-state index contributed by atoms with van der Waals surface area (Å²) in [6.45, 7) is 6.45. The van der Waals surface area contributed by atoms with Gasteiger partial charge in [-0.1, -0.05) is 31.5 Å². The predicted molar refractivity (Wildman–Crippen MR) is 78.7 cm³/mol. The Morgan fingerprint density at radius 3 is 2.75 bits per heavy atom. The largest absolute Gasteiger partial charge is 0.479 e. The van der Waals surface area contributed by atoms with E-state index in [2.05, 4.69) is 19.2 Å². The second kappa shape index (κ2) is 7.76. The second-order valence-corrected chi connectivity index (χ2v) is 5.37. The number of hydrogen-bond acceptors (Lipinski definition) is 3. The first-order valence-electron chi connectivity index (χ1n) is 6.58. The fourth-order valence-electron chi connectivity index (χ4n) is 1.58. The van der Waals surface area contributed by atoms with Gasteiger partial charge >= 0.3 is 0 Å². The normalized spacial score (nSPS) is 11.8. The number of carbonyl (C=O) groups is 1. The van der Waals surface area contributed by atoms with Crippen LogP contribution in [0.1, 0.15) is 32.8 Å². The van der Waals surface area contributed by atoms with Crippen molar-refractivity contribution in [3.63, 3.8) is 0 Å². The summed E-state index contributed by atoms with van der Waals surface area (Å²) in [4.78, 5) is 11.9. The van der Waals surface area contributed by atoms with E-state index in [1.807, 2.05) is 6.07 Å². The van der Waals surface area contributed by atoms with E-state index in [-0.39, 0.29) is 11.5 Å². The fraction of sp³-hybridized carbons (Fsp3) is 0.467. The van der Waals surface area contributed by atoms with E-state index < -0.39 is 6.10 Å². The quantitative estimate of drug-likeness (QED) is 0.876. The first kappa shape index (κ1) is 16.3. The number of hydrogen-bond donors (Lipinski definition) is 1. The molecule has 0 heterocycles. The Hall–Kier alpha value is -1.73. The molecule has 1 aromatic rings. The highest BCUT2D eigenvalue weighted by molar-refractivity contribution is 6.31. The minimum absolute atomic E-state index is 0.200. The molecule has 0 bridgehead atoms. The molecular formula is C15H19ClN2O2. The number of nitrogens with zero attached hydrogens (tertiary/aromatic N) is 1. The van der Waals surface area contributed by atoms with Crippen molar-refractivity contribution in [2.45, 2.75) is 33.3 Å². The van der Waals surface area contributed by atoms with Crippen LogP contribution in [0.4, 0.5) is 0 Å². The van der Waals surface area contributed by atoms with Gasteiger partial charge in [-0.2, -0.15) is 5.26 Å². The first-order chi connectivity index (χ1) is 9.45. The Bertz CT molecular complexity index is 509. The number of carbonyl (C=O) groups excluding carboxylic acids is 1. The standard InChI is InChI=1S/C15H19ClN2O2/c1-10(2)7-8-18-15(19)11(3)20-14-6-4-5-13(16)12(14)9-17/h4-6,10-11H,7-8H2,1-3H3,(H,18,19). The molecule has 1 N–H and O–H groups in total. The van der Waals surface area contributed by atoms with Gasteiger partial charge in [-0.3, -0.25) is 4.79 Å². The lowest BCUT2D eigenvalue weighted by atomic mass is 10.1. The number of nitrogens with one attached hydrogen (secondary N) is 1. The number of benzene rings is 1. The predicted octanol–water partition coefficient (Wildman–Crippen LogP) is 3.14. The molecule has 1 atom stereocenters. The van der Waals surface area contributed by atoms with Crippen LogP contribution in [0.5, 0.6) is 5.75 Å². The SMILES string of the molecule is CC(C)CCNC(=O)C(C)Oc1cccc(Cl)c1C#N. The van der Waals surface area contributed by atoms with Crippen LogP contribution in [0.15, 0.2) is 18.2 Å². The number of rotatable bonds is 6. The van der Waals surface area contributed by atoms with Crippen LogP contribution in [0.25, 0.3) is 0 Å². The highest BCUT2D eigenvalue weighted by Crippen LogP contribution is 2.26. The first-order valence-corrected chi connectivity index (χ1v) is 6.96. The van der Waals surface area contributed by atoms with Gasteiger partial charge in [0.25, 0.3) is 5.91 Å². The molecule has 0 aliphatic carbocycles. The molecule has 0 saturated carbocycles. The third-order valence-corrected chi connectivity index (χ3v) is 3.10. The van der Waals surface area contributed by atoms with Crippen molar-refractivity contribution in [1.82, 2.24) is 5.32 Å². The Morgan fingerprint density at radius 1 is 1.45 bits per heavy atom. The molecule has 0 aliphatic rings. The molecule has 0 aliphatic heterocycles. The minimum atomic E-state index is -0.673. The van der Waals surface area contributed by atoms with Gasteiger partial charge in [-0.25, -0.2) is 0 Å². The summed E-state index contributed by atoms with van der Waals surface area (Å²) < 4.78 is 5.52. The molecule has 1 aromatic carbocycles. The van der Waals surface area contributed by atoms with Crippen LogP contribution in [-0.2, 0) is 4.79 Å². The molecule has 1 rings (SSSR count). The van der Waals surface area contributed by atoms with Gasteiger partial charge in [-0.15, -0.1) is 0 Å². The van der Waals surface area contributed by atoms with Crippen LogP contribution in [-0.4, -0.2) is 18.6 Å². The van der Waals surface area contributed by atoms with Gasteiger partial charge in [0.05, 0.1) is 5.02 Å². The van der Waals surface area contributed by atoms with Gasteiger partial charge in [0, 0.05) is 6.54 Å². The third-order valence-electron chi connectivity index (χ3n) is 2.78. The average molecular weight is 295 g/mol. The molecular weight excluding hydrogens is 276 g/mol. The van der Waals surface area contributed by atoms with Crippen molar-refractivity contribution in [3.05, 3.63) is 28.8 Å². The van der Waals surface area contributed by atoms with E-state index in [4.69, 9.17) is 21.6 Å². The summed E-state index contributed by atoms with van der Waals surface area (Å²) in [5.41, 5.74) is 0.246. The van der Waals surface area contributed by atoms with E-state index in [0.717, 1.165) is 6.42 Å². The monoisotopic (exact) mass is 294 g/mol. The molecule has 0 fully saturated rings. The zero-order valence-electron chi connectivity index (χ0n) is 11.9. The molecule has 0 saturated heterocycles. The Morgan fingerprint density at radius 2 is 2.15 bits per heavy atom. The van der Waals surface area contributed by atoms with Crippen LogP contribution in [0.2, 0.25) is 5.02 Å². The molecule has 1 unspecified atom stereocenters. The third kappa shape index (κ3) is 4.75. The summed E-state index contributed by atoms with van der Waals surface area (Å²) in [7, 11) is 0. The van der Waals surface area contributed by atoms with Gasteiger partial charge in [-0.05, 0) is 31.4 Å². The van der Waals surface area contributed by atoms with Crippen LogP contribution < -0.4 is 10.1 Å². The molecule has 1 amide bonds. The molecule has 20 heavy (non-hydrogen) atoms. The molecule has 0 radical (unpaired) electrons. The number of amides is 1. The lowest BCUT2D eigenvalue weighted by Crippen LogP contribution is -2.37. The topological polar surface area (TPSA) is 62.1 Å². The van der Waals surface area contributed by atoms with Gasteiger partial charge in [0.15, 0.2) is 6.10 Å².